The number of carbonyl (C=O) groups excluding carboxylic acids is 1. The lowest BCUT2D eigenvalue weighted by atomic mass is 9.96. The van der Waals surface area contributed by atoms with Crippen LogP contribution in [0.2, 0.25) is 0 Å². The van der Waals surface area contributed by atoms with Crippen LogP contribution in [0.1, 0.15) is 36.5 Å². The lowest BCUT2D eigenvalue weighted by molar-refractivity contribution is -0.385. The average molecular weight is 332 g/mol. The van der Waals surface area contributed by atoms with E-state index in [0.717, 1.165) is 31.4 Å². The van der Waals surface area contributed by atoms with Crippen molar-refractivity contribution in [2.24, 2.45) is 5.73 Å². The third kappa shape index (κ3) is 3.72. The van der Waals surface area contributed by atoms with Crippen LogP contribution >= 0.6 is 12.4 Å². The van der Waals surface area contributed by atoms with Crippen molar-refractivity contribution in [1.29, 1.82) is 0 Å². The molecule has 1 aromatic carbocycles. The van der Waals surface area contributed by atoms with Gasteiger partial charge in [-0.25, -0.2) is 4.39 Å². The normalized spacial score (nSPS) is 19.2. The van der Waals surface area contributed by atoms with Crippen LogP contribution in [-0.2, 0) is 0 Å². The van der Waals surface area contributed by atoms with E-state index in [4.69, 9.17) is 5.73 Å². The third-order valence-electron chi connectivity index (χ3n) is 3.81. The van der Waals surface area contributed by atoms with E-state index in [2.05, 4.69) is 0 Å². The Hall–Kier alpha value is -1.73. The van der Waals surface area contributed by atoms with Crippen molar-refractivity contribution in [1.82, 2.24) is 4.90 Å². The molecule has 2 unspecified atom stereocenters. The summed E-state index contributed by atoms with van der Waals surface area (Å²) in [7, 11) is 0. The van der Waals surface area contributed by atoms with E-state index in [-0.39, 0.29) is 35.7 Å². The van der Waals surface area contributed by atoms with Crippen molar-refractivity contribution in [2.45, 2.75) is 38.3 Å². The first-order chi connectivity index (χ1) is 9.91. The summed E-state index contributed by atoms with van der Waals surface area (Å²) in [5.41, 5.74) is 5.38. The summed E-state index contributed by atoms with van der Waals surface area (Å²) >= 11 is 0. The SMILES string of the molecule is CC(N)C1CCCCN1C(=O)c1ccc([N+](=O)[O-])cc1F.Cl. The van der Waals surface area contributed by atoms with Gasteiger partial charge in [-0.15, -0.1) is 12.4 Å². The highest BCUT2D eigenvalue weighted by atomic mass is 35.5. The Morgan fingerprint density at radius 2 is 2.18 bits per heavy atom. The van der Waals surface area contributed by atoms with Gasteiger partial charge >= 0.3 is 0 Å². The smallest absolute Gasteiger partial charge is 0.272 e. The largest absolute Gasteiger partial charge is 0.334 e. The number of nitro groups is 1. The minimum atomic E-state index is -0.872. The van der Waals surface area contributed by atoms with Crippen molar-refractivity contribution in [2.75, 3.05) is 6.54 Å². The van der Waals surface area contributed by atoms with Crippen molar-refractivity contribution in [3.05, 3.63) is 39.7 Å². The zero-order chi connectivity index (χ0) is 15.6. The predicted molar refractivity (Wildman–Crippen MR) is 82.6 cm³/mol. The first-order valence-electron chi connectivity index (χ1n) is 6.92. The molecule has 2 atom stereocenters. The molecule has 0 spiro atoms. The summed E-state index contributed by atoms with van der Waals surface area (Å²) in [4.78, 5) is 24.0. The molecule has 1 aliphatic heterocycles. The number of rotatable bonds is 3. The summed E-state index contributed by atoms with van der Waals surface area (Å²) in [6.07, 6.45) is 2.63. The van der Waals surface area contributed by atoms with Crippen LogP contribution < -0.4 is 5.73 Å². The molecule has 2 N–H and O–H groups in total. The van der Waals surface area contributed by atoms with Crippen molar-refractivity contribution in [3.63, 3.8) is 0 Å². The molecule has 0 aliphatic carbocycles. The number of non-ortho nitro benzene ring substituents is 1. The first-order valence-corrected chi connectivity index (χ1v) is 6.92. The maximum absolute atomic E-state index is 14.0. The number of carbonyl (C=O) groups is 1. The Labute approximate surface area is 134 Å². The number of hydrogen-bond acceptors (Lipinski definition) is 4. The topological polar surface area (TPSA) is 89.5 Å². The summed E-state index contributed by atoms with van der Waals surface area (Å²) in [5, 5.41) is 10.6. The molecule has 2 rings (SSSR count). The van der Waals surface area contributed by atoms with E-state index >= 15 is 0 Å². The summed E-state index contributed by atoms with van der Waals surface area (Å²) < 4.78 is 14.0. The van der Waals surface area contributed by atoms with Gasteiger partial charge in [-0.3, -0.25) is 14.9 Å². The number of hydrogen-bond donors (Lipinski definition) is 1. The van der Waals surface area contributed by atoms with Crippen LogP contribution in [0.15, 0.2) is 18.2 Å². The predicted octanol–water partition coefficient (Wildman–Crippen LogP) is 2.50. The molecule has 22 heavy (non-hydrogen) atoms. The van der Waals surface area contributed by atoms with E-state index in [1.807, 2.05) is 6.92 Å². The Balaban J connectivity index is 0.00000242. The monoisotopic (exact) mass is 331 g/mol. The van der Waals surface area contributed by atoms with E-state index < -0.39 is 16.6 Å². The van der Waals surface area contributed by atoms with Gasteiger partial charge in [-0.1, -0.05) is 0 Å². The lowest BCUT2D eigenvalue weighted by Gasteiger charge is -2.38. The molecule has 6 nitrogen and oxygen atoms in total. The standard InChI is InChI=1S/C14H18FN3O3.ClH/c1-9(16)13-4-2-3-7-17(13)14(19)11-6-5-10(18(20)21)8-12(11)15;/h5-6,8-9,13H,2-4,7,16H2,1H3;1H. The van der Waals surface area contributed by atoms with Crippen LogP contribution in [0, 0.1) is 15.9 Å². The van der Waals surface area contributed by atoms with Gasteiger partial charge in [0, 0.05) is 24.7 Å². The molecule has 0 bridgehead atoms. The molecule has 8 heteroatoms. The maximum atomic E-state index is 14.0. The fraction of sp³-hybridized carbons (Fsp3) is 0.500. The molecule has 1 amide bonds. The highest BCUT2D eigenvalue weighted by Gasteiger charge is 2.31. The van der Waals surface area contributed by atoms with E-state index in [1.165, 1.54) is 6.07 Å². The summed E-state index contributed by atoms with van der Waals surface area (Å²) in [6.45, 7) is 2.35. The van der Waals surface area contributed by atoms with Gasteiger partial charge < -0.3 is 10.6 Å². The number of likely N-dealkylation sites (tertiary alicyclic amines) is 1. The number of piperidine rings is 1. The molecule has 1 heterocycles. The molecule has 0 aromatic heterocycles. The summed E-state index contributed by atoms with van der Waals surface area (Å²) in [6, 6.07) is 2.76. The third-order valence-corrected chi connectivity index (χ3v) is 3.81. The molecule has 1 aliphatic rings. The molecule has 0 radical (unpaired) electrons. The molecule has 1 fully saturated rings. The molecule has 0 saturated carbocycles. The number of nitrogens with zero attached hydrogens (tertiary/aromatic N) is 2. The van der Waals surface area contributed by atoms with Crippen molar-refractivity contribution in [3.8, 4) is 0 Å². The highest BCUT2D eigenvalue weighted by Crippen LogP contribution is 2.24. The fourth-order valence-corrected chi connectivity index (χ4v) is 2.70. The van der Waals surface area contributed by atoms with E-state index in [0.29, 0.717) is 6.54 Å². The number of amides is 1. The maximum Gasteiger partial charge on any atom is 0.272 e. The van der Waals surface area contributed by atoms with Crippen LogP contribution in [0.3, 0.4) is 0 Å². The van der Waals surface area contributed by atoms with Gasteiger partial charge in [-0.05, 0) is 32.3 Å². The molecular formula is C14H19ClFN3O3. The van der Waals surface area contributed by atoms with Gasteiger partial charge in [0.05, 0.1) is 16.6 Å². The highest BCUT2D eigenvalue weighted by molar-refractivity contribution is 5.95. The Morgan fingerprint density at radius 3 is 2.73 bits per heavy atom. The minimum absolute atomic E-state index is 0. The first kappa shape index (κ1) is 18.3. The van der Waals surface area contributed by atoms with E-state index in [1.54, 1.807) is 4.90 Å². The lowest BCUT2D eigenvalue weighted by Crippen LogP contribution is -2.51. The second kappa shape index (κ2) is 7.51. The molecular weight excluding hydrogens is 313 g/mol. The Morgan fingerprint density at radius 1 is 1.50 bits per heavy atom. The fourth-order valence-electron chi connectivity index (χ4n) is 2.70. The van der Waals surface area contributed by atoms with Gasteiger partial charge in [0.1, 0.15) is 5.82 Å². The van der Waals surface area contributed by atoms with Gasteiger partial charge in [-0.2, -0.15) is 0 Å². The molecule has 1 saturated heterocycles. The van der Waals surface area contributed by atoms with E-state index in [9.17, 15) is 19.3 Å². The second-order valence-electron chi connectivity index (χ2n) is 5.34. The Bertz CT molecular complexity index is 568. The molecule has 122 valence electrons. The van der Waals surface area contributed by atoms with Gasteiger partial charge in [0.25, 0.3) is 11.6 Å². The zero-order valence-corrected chi connectivity index (χ0v) is 13.0. The zero-order valence-electron chi connectivity index (χ0n) is 12.2. The van der Waals surface area contributed by atoms with Gasteiger partial charge in [0.15, 0.2) is 0 Å². The summed E-state index contributed by atoms with van der Waals surface area (Å²) in [5.74, 6) is -1.33. The molecule has 1 aromatic rings. The number of nitro benzene ring substituents is 1. The minimum Gasteiger partial charge on any atom is -0.334 e. The van der Waals surface area contributed by atoms with Crippen molar-refractivity contribution < 1.29 is 14.1 Å². The van der Waals surface area contributed by atoms with Crippen LogP contribution in [0.4, 0.5) is 10.1 Å². The van der Waals surface area contributed by atoms with Gasteiger partial charge in [0.2, 0.25) is 0 Å². The second-order valence-corrected chi connectivity index (χ2v) is 5.34. The van der Waals surface area contributed by atoms with Crippen LogP contribution in [0.25, 0.3) is 0 Å². The number of halogens is 2. The quantitative estimate of drug-likeness (QED) is 0.680. The van der Waals surface area contributed by atoms with Crippen molar-refractivity contribution >= 4 is 24.0 Å². The number of benzene rings is 1. The van der Waals surface area contributed by atoms with Crippen LogP contribution in [0.5, 0.6) is 0 Å². The average Bonchev–Trinajstić information content (AvgIpc) is 2.46. The number of nitrogens with two attached hydrogens (primary N) is 1. The van der Waals surface area contributed by atoms with Crippen LogP contribution in [-0.4, -0.2) is 34.4 Å². The Kier molecular flexibility index (Phi) is 6.25.